The van der Waals surface area contributed by atoms with Crippen LogP contribution in [-0.2, 0) is 16.0 Å². The van der Waals surface area contributed by atoms with Gasteiger partial charge in [-0.15, -0.1) is 0 Å². The number of carbonyl (C=O) groups excluding carboxylic acids is 2. The molecule has 2 aromatic rings. The highest BCUT2D eigenvalue weighted by Crippen LogP contribution is 2.27. The molecule has 0 saturated carbocycles. The molecule has 0 aliphatic carbocycles. The second kappa shape index (κ2) is 7.91. The van der Waals surface area contributed by atoms with Crippen molar-refractivity contribution in [2.75, 3.05) is 36.4 Å². The molecule has 0 unspecified atom stereocenters. The third kappa shape index (κ3) is 4.15. The minimum absolute atomic E-state index is 0.0290. The van der Waals surface area contributed by atoms with Crippen molar-refractivity contribution in [2.45, 2.75) is 26.3 Å². The molecule has 1 amide bonds. The van der Waals surface area contributed by atoms with Gasteiger partial charge in [-0.25, -0.2) is 0 Å². The first-order valence-corrected chi connectivity index (χ1v) is 10.0. The van der Waals surface area contributed by atoms with Crippen molar-refractivity contribution in [3.63, 3.8) is 0 Å². The summed E-state index contributed by atoms with van der Waals surface area (Å²) in [6.07, 6.45) is 1.82. The van der Waals surface area contributed by atoms with Crippen LogP contribution < -0.4 is 15.0 Å². The van der Waals surface area contributed by atoms with Gasteiger partial charge < -0.3 is 19.9 Å². The number of aromatic nitrogens is 1. The first-order valence-electron chi connectivity index (χ1n) is 9.65. The number of fused-ring (bicyclic) bond motifs is 1. The van der Waals surface area contributed by atoms with Crippen molar-refractivity contribution in [2.24, 2.45) is 0 Å². The number of piperazine rings is 1. The summed E-state index contributed by atoms with van der Waals surface area (Å²) in [5.74, 6) is 0.192. The fourth-order valence-corrected chi connectivity index (χ4v) is 3.87. The van der Waals surface area contributed by atoms with Crippen LogP contribution in [0.5, 0.6) is 5.75 Å². The van der Waals surface area contributed by atoms with Gasteiger partial charge in [-0.2, -0.15) is 0 Å². The number of halogens is 1. The molecule has 1 aromatic heterocycles. The van der Waals surface area contributed by atoms with Crippen molar-refractivity contribution in [1.82, 2.24) is 9.88 Å². The predicted octanol–water partition coefficient (Wildman–Crippen LogP) is 2.65. The molecule has 2 aliphatic rings. The van der Waals surface area contributed by atoms with Gasteiger partial charge in [0.05, 0.1) is 30.5 Å². The number of benzene rings is 1. The Morgan fingerprint density at radius 2 is 2.17 bits per heavy atom. The Hall–Kier alpha value is -2.80. The molecule has 3 heterocycles. The molecular formula is C21H23ClN4O3. The fraction of sp³-hybridized carbons (Fsp3) is 0.381. The van der Waals surface area contributed by atoms with Gasteiger partial charge in [-0.3, -0.25) is 14.6 Å². The third-order valence-corrected chi connectivity index (χ3v) is 5.79. The Balaban J connectivity index is 1.33. The average Bonchev–Trinajstić information content (AvgIpc) is 3.07. The van der Waals surface area contributed by atoms with E-state index < -0.39 is 0 Å². The Morgan fingerprint density at radius 1 is 1.34 bits per heavy atom. The van der Waals surface area contributed by atoms with Crippen LogP contribution >= 0.6 is 11.6 Å². The van der Waals surface area contributed by atoms with Crippen molar-refractivity contribution < 1.29 is 14.3 Å². The molecule has 29 heavy (non-hydrogen) atoms. The highest BCUT2D eigenvalue weighted by atomic mass is 35.5. The quantitative estimate of drug-likeness (QED) is 0.775. The van der Waals surface area contributed by atoms with E-state index in [1.807, 2.05) is 24.0 Å². The standard InChI is InChI=1S/C21H23ClN4O3/c1-13-7-16(3-4-17(13)22)26-6-5-25(12-14(26)2)20(27)11-23-15-8-19-18(24-10-15)9-21(28)29-19/h3-4,7-8,10,14,23H,5-6,9,11-12H2,1-2H3/t14-/m1/s1. The molecule has 0 radical (unpaired) electrons. The summed E-state index contributed by atoms with van der Waals surface area (Å²) in [6, 6.07) is 7.95. The first-order chi connectivity index (χ1) is 13.9. The lowest BCUT2D eigenvalue weighted by Gasteiger charge is -2.41. The van der Waals surface area contributed by atoms with E-state index in [-0.39, 0.29) is 30.9 Å². The predicted molar refractivity (Wildman–Crippen MR) is 112 cm³/mol. The van der Waals surface area contributed by atoms with E-state index in [2.05, 4.69) is 28.2 Å². The number of hydrogen-bond acceptors (Lipinski definition) is 6. The maximum absolute atomic E-state index is 12.7. The van der Waals surface area contributed by atoms with E-state index >= 15 is 0 Å². The summed E-state index contributed by atoms with van der Waals surface area (Å²) in [5, 5.41) is 3.85. The maximum atomic E-state index is 12.7. The number of aryl methyl sites for hydroxylation is 1. The molecule has 1 saturated heterocycles. The summed E-state index contributed by atoms with van der Waals surface area (Å²) >= 11 is 6.14. The van der Waals surface area contributed by atoms with Gasteiger partial charge in [0.2, 0.25) is 5.91 Å². The highest BCUT2D eigenvalue weighted by Gasteiger charge is 2.27. The fourth-order valence-electron chi connectivity index (χ4n) is 3.75. The summed E-state index contributed by atoms with van der Waals surface area (Å²) < 4.78 is 5.10. The van der Waals surface area contributed by atoms with E-state index in [1.54, 1.807) is 12.3 Å². The molecule has 4 rings (SSSR count). The second-order valence-electron chi connectivity index (χ2n) is 7.49. The van der Waals surface area contributed by atoms with Crippen LogP contribution in [0.2, 0.25) is 5.02 Å². The molecule has 0 bridgehead atoms. The average molecular weight is 415 g/mol. The minimum Gasteiger partial charge on any atom is -0.424 e. The number of anilines is 2. The zero-order chi connectivity index (χ0) is 20.5. The van der Waals surface area contributed by atoms with Gasteiger partial charge in [0.1, 0.15) is 0 Å². The molecule has 1 aromatic carbocycles. The van der Waals surface area contributed by atoms with Crippen LogP contribution in [0.25, 0.3) is 0 Å². The summed E-state index contributed by atoms with van der Waals surface area (Å²) in [7, 11) is 0. The van der Waals surface area contributed by atoms with Gasteiger partial charge >= 0.3 is 5.97 Å². The number of pyridine rings is 1. The summed E-state index contributed by atoms with van der Waals surface area (Å²) in [4.78, 5) is 32.4. The van der Waals surface area contributed by atoms with E-state index in [0.717, 1.165) is 22.8 Å². The zero-order valence-electron chi connectivity index (χ0n) is 16.4. The van der Waals surface area contributed by atoms with Crippen LogP contribution in [0, 0.1) is 6.92 Å². The van der Waals surface area contributed by atoms with E-state index in [0.29, 0.717) is 30.2 Å². The molecule has 2 aliphatic heterocycles. The summed E-state index contributed by atoms with van der Waals surface area (Å²) in [5.41, 5.74) is 3.47. The smallest absolute Gasteiger partial charge is 0.317 e. The Morgan fingerprint density at radius 3 is 2.93 bits per heavy atom. The number of carbonyl (C=O) groups is 2. The summed E-state index contributed by atoms with van der Waals surface area (Å²) in [6.45, 7) is 6.37. The van der Waals surface area contributed by atoms with Crippen LogP contribution in [0.4, 0.5) is 11.4 Å². The number of amides is 1. The molecular weight excluding hydrogens is 392 g/mol. The van der Waals surface area contributed by atoms with Crippen LogP contribution in [0.15, 0.2) is 30.5 Å². The third-order valence-electron chi connectivity index (χ3n) is 5.36. The van der Waals surface area contributed by atoms with Crippen molar-refractivity contribution in [1.29, 1.82) is 0 Å². The normalized spacial score (nSPS) is 18.4. The van der Waals surface area contributed by atoms with E-state index in [1.165, 1.54) is 0 Å². The number of hydrogen-bond donors (Lipinski definition) is 1. The number of esters is 1. The van der Waals surface area contributed by atoms with Gasteiger partial charge in [-0.1, -0.05) is 11.6 Å². The second-order valence-corrected chi connectivity index (χ2v) is 7.90. The topological polar surface area (TPSA) is 74.8 Å². The van der Waals surface area contributed by atoms with Crippen LogP contribution in [-0.4, -0.2) is 54.0 Å². The molecule has 1 atom stereocenters. The number of nitrogens with one attached hydrogen (secondary N) is 1. The molecule has 1 N–H and O–H groups in total. The SMILES string of the molecule is Cc1cc(N2CCN(C(=O)CNc3cnc4c(c3)OC(=O)C4)C[C@H]2C)ccc1Cl. The first kappa shape index (κ1) is 19.5. The molecule has 0 spiro atoms. The molecule has 1 fully saturated rings. The minimum atomic E-state index is -0.302. The van der Waals surface area contributed by atoms with Gasteiger partial charge in [0.25, 0.3) is 0 Å². The van der Waals surface area contributed by atoms with Gasteiger partial charge in [0, 0.05) is 42.5 Å². The lowest BCUT2D eigenvalue weighted by molar-refractivity contribution is -0.132. The van der Waals surface area contributed by atoms with Crippen molar-refractivity contribution in [3.8, 4) is 5.75 Å². The maximum Gasteiger partial charge on any atom is 0.317 e. The number of ether oxygens (including phenoxy) is 1. The lowest BCUT2D eigenvalue weighted by atomic mass is 10.1. The lowest BCUT2D eigenvalue weighted by Crippen LogP contribution is -2.54. The Bertz CT molecular complexity index is 965. The van der Waals surface area contributed by atoms with Crippen molar-refractivity contribution in [3.05, 3.63) is 46.7 Å². The largest absolute Gasteiger partial charge is 0.424 e. The molecule has 152 valence electrons. The molecule has 8 heteroatoms. The number of rotatable bonds is 4. The van der Waals surface area contributed by atoms with Gasteiger partial charge in [-0.05, 0) is 37.6 Å². The van der Waals surface area contributed by atoms with Crippen molar-refractivity contribution >= 4 is 34.9 Å². The Labute approximate surface area is 174 Å². The van der Waals surface area contributed by atoms with Gasteiger partial charge in [0.15, 0.2) is 5.75 Å². The van der Waals surface area contributed by atoms with Crippen LogP contribution in [0.3, 0.4) is 0 Å². The highest BCUT2D eigenvalue weighted by molar-refractivity contribution is 6.31. The van der Waals surface area contributed by atoms with E-state index in [4.69, 9.17) is 16.3 Å². The monoisotopic (exact) mass is 414 g/mol. The van der Waals surface area contributed by atoms with Crippen LogP contribution in [0.1, 0.15) is 18.2 Å². The Kier molecular flexibility index (Phi) is 5.32. The van der Waals surface area contributed by atoms with E-state index in [9.17, 15) is 9.59 Å². The molecule has 7 nitrogen and oxygen atoms in total. The zero-order valence-corrected chi connectivity index (χ0v) is 17.2. The number of nitrogens with zero attached hydrogens (tertiary/aromatic N) is 3.